The van der Waals surface area contributed by atoms with Crippen molar-refractivity contribution >= 4 is 18.6 Å². The first-order valence-corrected chi connectivity index (χ1v) is 6.42. The van der Waals surface area contributed by atoms with E-state index in [0.29, 0.717) is 36.4 Å². The van der Waals surface area contributed by atoms with Crippen molar-refractivity contribution in [3.8, 4) is 5.75 Å². The van der Waals surface area contributed by atoms with Crippen LogP contribution in [-0.4, -0.2) is 36.3 Å². The van der Waals surface area contributed by atoms with Crippen molar-refractivity contribution in [3.05, 3.63) is 36.4 Å². The number of carbonyl (C=O) groups is 1. The summed E-state index contributed by atoms with van der Waals surface area (Å²) in [5.74, 6) is 0.199. The fourth-order valence-corrected chi connectivity index (χ4v) is 1.45. The lowest BCUT2D eigenvalue weighted by molar-refractivity contribution is -0.139. The molecule has 1 aromatic carbocycles. The van der Waals surface area contributed by atoms with Gasteiger partial charge in [0, 0.05) is 5.57 Å². The average Bonchev–Trinajstić information content (AvgIpc) is 2.42. The van der Waals surface area contributed by atoms with Gasteiger partial charge in [0.05, 0.1) is 13.2 Å². The Kier molecular flexibility index (Phi) is 6.83. The van der Waals surface area contributed by atoms with Crippen molar-refractivity contribution in [2.45, 2.75) is 19.8 Å². The zero-order valence-electron chi connectivity index (χ0n) is 11.5. The van der Waals surface area contributed by atoms with Gasteiger partial charge in [-0.25, -0.2) is 4.79 Å². The first-order chi connectivity index (χ1) is 9.50. The first kappa shape index (κ1) is 16.3. The van der Waals surface area contributed by atoms with E-state index in [0.717, 1.165) is 6.42 Å². The SMILES string of the molecule is C=C(C)C(=O)OCCCCOc1cccc(B(O)O)c1. The van der Waals surface area contributed by atoms with Crippen LogP contribution in [0, 0.1) is 0 Å². The maximum Gasteiger partial charge on any atom is 0.488 e. The lowest BCUT2D eigenvalue weighted by Crippen LogP contribution is -2.29. The van der Waals surface area contributed by atoms with E-state index in [1.807, 2.05) is 0 Å². The smallest absolute Gasteiger partial charge is 0.488 e. The predicted octanol–water partition coefficient (Wildman–Crippen LogP) is 0.645. The number of ether oxygens (including phenoxy) is 2. The number of hydrogen-bond donors (Lipinski definition) is 2. The molecule has 0 saturated heterocycles. The molecule has 0 spiro atoms. The van der Waals surface area contributed by atoms with Crippen molar-refractivity contribution in [2.75, 3.05) is 13.2 Å². The summed E-state index contributed by atoms with van der Waals surface area (Å²) in [6.45, 7) is 5.90. The number of hydrogen-bond acceptors (Lipinski definition) is 5. The Labute approximate surface area is 119 Å². The highest BCUT2D eigenvalue weighted by atomic mass is 16.5. The summed E-state index contributed by atoms with van der Waals surface area (Å²) in [7, 11) is -1.50. The predicted molar refractivity (Wildman–Crippen MR) is 76.8 cm³/mol. The Balaban J connectivity index is 2.20. The van der Waals surface area contributed by atoms with Gasteiger partial charge >= 0.3 is 13.1 Å². The van der Waals surface area contributed by atoms with Gasteiger partial charge in [-0.2, -0.15) is 0 Å². The molecule has 2 N–H and O–H groups in total. The number of rotatable bonds is 8. The molecule has 5 nitrogen and oxygen atoms in total. The van der Waals surface area contributed by atoms with E-state index in [1.54, 1.807) is 31.2 Å². The lowest BCUT2D eigenvalue weighted by Gasteiger charge is -2.08. The molecule has 20 heavy (non-hydrogen) atoms. The van der Waals surface area contributed by atoms with E-state index >= 15 is 0 Å². The second kappa shape index (κ2) is 8.40. The van der Waals surface area contributed by atoms with Crippen molar-refractivity contribution in [3.63, 3.8) is 0 Å². The van der Waals surface area contributed by atoms with Crippen LogP contribution >= 0.6 is 0 Å². The largest absolute Gasteiger partial charge is 0.494 e. The van der Waals surface area contributed by atoms with Gasteiger partial charge in [0.1, 0.15) is 5.75 Å². The van der Waals surface area contributed by atoms with Crippen LogP contribution in [0.2, 0.25) is 0 Å². The molecule has 0 unspecified atom stereocenters. The molecular formula is C14H19BO5. The van der Waals surface area contributed by atoms with Crippen molar-refractivity contribution in [2.24, 2.45) is 0 Å². The molecule has 0 saturated carbocycles. The molecule has 0 aromatic heterocycles. The van der Waals surface area contributed by atoms with Crippen LogP contribution in [0.1, 0.15) is 19.8 Å². The van der Waals surface area contributed by atoms with E-state index in [1.165, 1.54) is 0 Å². The van der Waals surface area contributed by atoms with Crippen LogP contribution in [0.3, 0.4) is 0 Å². The van der Waals surface area contributed by atoms with E-state index < -0.39 is 7.12 Å². The fourth-order valence-electron chi connectivity index (χ4n) is 1.45. The minimum absolute atomic E-state index is 0.338. The Morgan fingerprint density at radius 1 is 1.30 bits per heavy atom. The third-order valence-electron chi connectivity index (χ3n) is 2.55. The minimum atomic E-state index is -1.50. The molecule has 108 valence electrons. The molecule has 1 aromatic rings. The third-order valence-corrected chi connectivity index (χ3v) is 2.55. The van der Waals surface area contributed by atoms with Gasteiger partial charge < -0.3 is 19.5 Å². The highest BCUT2D eigenvalue weighted by Crippen LogP contribution is 2.08. The number of esters is 1. The van der Waals surface area contributed by atoms with Crippen molar-refractivity contribution in [1.29, 1.82) is 0 Å². The Bertz CT molecular complexity index is 459. The molecule has 0 amide bonds. The zero-order valence-corrected chi connectivity index (χ0v) is 11.5. The van der Waals surface area contributed by atoms with Crippen LogP contribution in [0.5, 0.6) is 5.75 Å². The van der Waals surface area contributed by atoms with Crippen LogP contribution in [0.25, 0.3) is 0 Å². The second-order valence-electron chi connectivity index (χ2n) is 4.42. The number of carbonyl (C=O) groups excluding carboxylic acids is 1. The Morgan fingerprint density at radius 2 is 2.00 bits per heavy atom. The van der Waals surface area contributed by atoms with E-state index in [-0.39, 0.29) is 5.97 Å². The van der Waals surface area contributed by atoms with Crippen LogP contribution in [0.4, 0.5) is 0 Å². The van der Waals surface area contributed by atoms with Gasteiger partial charge in [0.15, 0.2) is 0 Å². The molecule has 1 rings (SSSR count). The normalized spacial score (nSPS) is 9.95. The van der Waals surface area contributed by atoms with E-state index in [9.17, 15) is 4.79 Å². The van der Waals surface area contributed by atoms with Gasteiger partial charge in [0.2, 0.25) is 0 Å². The van der Waals surface area contributed by atoms with E-state index in [4.69, 9.17) is 19.5 Å². The molecule has 0 atom stereocenters. The summed E-state index contributed by atoms with van der Waals surface area (Å²) in [4.78, 5) is 11.1. The molecular weight excluding hydrogens is 259 g/mol. The van der Waals surface area contributed by atoms with Crippen LogP contribution in [-0.2, 0) is 9.53 Å². The number of unbranched alkanes of at least 4 members (excludes halogenated alkanes) is 1. The highest BCUT2D eigenvalue weighted by Gasteiger charge is 2.10. The van der Waals surface area contributed by atoms with Gasteiger partial charge in [-0.3, -0.25) is 0 Å². The standard InChI is InChI=1S/C14H19BO5/c1-11(2)14(16)20-9-4-3-8-19-13-7-5-6-12(10-13)15(17)18/h5-7,10,17-18H,1,3-4,8-9H2,2H3. The van der Waals surface area contributed by atoms with Gasteiger partial charge in [-0.1, -0.05) is 18.7 Å². The highest BCUT2D eigenvalue weighted by molar-refractivity contribution is 6.58. The van der Waals surface area contributed by atoms with E-state index in [2.05, 4.69) is 6.58 Å². The fraction of sp³-hybridized carbons (Fsp3) is 0.357. The van der Waals surface area contributed by atoms with Crippen molar-refractivity contribution in [1.82, 2.24) is 0 Å². The summed E-state index contributed by atoms with van der Waals surface area (Å²) >= 11 is 0. The summed E-state index contributed by atoms with van der Waals surface area (Å²) in [6.07, 6.45) is 1.43. The Morgan fingerprint density at radius 3 is 2.65 bits per heavy atom. The zero-order chi connectivity index (χ0) is 15.0. The van der Waals surface area contributed by atoms with Crippen LogP contribution < -0.4 is 10.2 Å². The molecule has 0 aliphatic heterocycles. The van der Waals surface area contributed by atoms with Gasteiger partial charge in [0.25, 0.3) is 0 Å². The third kappa shape index (κ3) is 5.90. The summed E-state index contributed by atoms with van der Waals surface area (Å²) in [6, 6.07) is 6.62. The maximum absolute atomic E-state index is 11.1. The first-order valence-electron chi connectivity index (χ1n) is 6.42. The molecule has 0 fully saturated rings. The minimum Gasteiger partial charge on any atom is -0.494 e. The van der Waals surface area contributed by atoms with Gasteiger partial charge in [-0.15, -0.1) is 0 Å². The summed E-state index contributed by atoms with van der Waals surface area (Å²) < 4.78 is 10.4. The monoisotopic (exact) mass is 278 g/mol. The molecule has 0 radical (unpaired) electrons. The summed E-state index contributed by atoms with van der Waals surface area (Å²) in [5, 5.41) is 18.1. The van der Waals surface area contributed by atoms with Crippen molar-refractivity contribution < 1.29 is 24.3 Å². The average molecular weight is 278 g/mol. The second-order valence-corrected chi connectivity index (χ2v) is 4.42. The molecule has 6 heteroatoms. The van der Waals surface area contributed by atoms with Crippen LogP contribution in [0.15, 0.2) is 36.4 Å². The molecule has 0 aliphatic carbocycles. The number of benzene rings is 1. The lowest BCUT2D eigenvalue weighted by atomic mass is 9.80. The maximum atomic E-state index is 11.1. The molecule has 0 bridgehead atoms. The topological polar surface area (TPSA) is 76.0 Å². The molecule has 0 aliphatic rings. The van der Waals surface area contributed by atoms with Gasteiger partial charge in [-0.05, 0) is 37.4 Å². The Hall–Kier alpha value is -1.79. The summed E-state index contributed by atoms with van der Waals surface area (Å²) in [5.41, 5.74) is 0.776. The quantitative estimate of drug-likeness (QED) is 0.316. The molecule has 0 heterocycles.